The third kappa shape index (κ3) is 25.6. The van der Waals surface area contributed by atoms with Crippen molar-refractivity contribution in [1.82, 2.24) is 0 Å². The van der Waals surface area contributed by atoms with Crippen LogP contribution in [0.25, 0.3) is 0 Å². The Balaban J connectivity index is 0. The van der Waals surface area contributed by atoms with Gasteiger partial charge in [0.1, 0.15) is 0 Å². The van der Waals surface area contributed by atoms with Crippen LogP contribution in [0.1, 0.15) is 6.42 Å². The number of hydrogen-bond donors (Lipinski definition) is 0. The maximum Gasteiger partial charge on any atom is 0.552 e. The fourth-order valence-electron chi connectivity index (χ4n) is 0. The Labute approximate surface area is 81.8 Å². The summed E-state index contributed by atoms with van der Waals surface area (Å²) in [5.41, 5.74) is 0. The molecular formula is C3H4F3I2Mg. The lowest BCUT2D eigenvalue weighted by atomic mass is 10.5. The van der Waals surface area contributed by atoms with Crippen molar-refractivity contribution >= 4 is 50.3 Å². The van der Waals surface area contributed by atoms with E-state index in [1.54, 1.807) is 0 Å². The van der Waals surface area contributed by atoms with E-state index in [4.69, 9.17) is 0 Å². The van der Waals surface area contributed by atoms with Gasteiger partial charge in [-0.2, -0.15) is 13.2 Å². The van der Waals surface area contributed by atoms with Gasteiger partial charge in [-0.25, -0.2) is 0 Å². The standard InChI is InChI=1S/C3H4F3.2HI.Mg/c1-2-3(4,5)6;;;/h1-2H2;2*1H;/q;;;+2/p-2. The molecule has 0 amide bonds. The number of halogens is 5. The topological polar surface area (TPSA) is 0 Å². The molecule has 0 heterocycles. The Morgan fingerprint density at radius 2 is 1.44 bits per heavy atom. The molecule has 9 heavy (non-hydrogen) atoms. The van der Waals surface area contributed by atoms with Crippen LogP contribution >= 0.6 is 37.7 Å². The summed E-state index contributed by atoms with van der Waals surface area (Å²) >= 11 is 5.18. The van der Waals surface area contributed by atoms with Gasteiger partial charge in [0.25, 0.3) is 0 Å². The minimum atomic E-state index is -4.07. The molecule has 0 aromatic carbocycles. The first-order valence-corrected chi connectivity index (χ1v) is 12.2. The normalized spacial score (nSPS) is 9.11. The van der Waals surface area contributed by atoms with Gasteiger partial charge in [0.05, 0.1) is 0 Å². The Morgan fingerprint density at radius 3 is 1.44 bits per heavy atom. The van der Waals surface area contributed by atoms with Crippen molar-refractivity contribution in [2.24, 2.45) is 0 Å². The lowest BCUT2D eigenvalue weighted by molar-refractivity contribution is -0.125. The van der Waals surface area contributed by atoms with Gasteiger partial charge in [-0.3, -0.25) is 37.7 Å². The van der Waals surface area contributed by atoms with E-state index < -0.39 is 12.6 Å². The lowest BCUT2D eigenvalue weighted by Gasteiger charge is -1.96. The third-order valence-electron chi connectivity index (χ3n) is 0.283. The maximum atomic E-state index is 10.7. The maximum absolute atomic E-state index is 10.7. The van der Waals surface area contributed by atoms with E-state index in [1.807, 2.05) is 0 Å². The molecule has 0 saturated carbocycles. The molecule has 0 bridgehead atoms. The van der Waals surface area contributed by atoms with E-state index in [9.17, 15) is 13.2 Å². The predicted octanol–water partition coefficient (Wildman–Crippen LogP) is 3.16. The summed E-state index contributed by atoms with van der Waals surface area (Å²) in [7, 11) is 0. The molecule has 0 nitrogen and oxygen atoms in total. The average molecular weight is 375 g/mol. The first-order chi connectivity index (χ1) is 3.97. The summed E-state index contributed by atoms with van der Waals surface area (Å²) in [6.07, 6.45) is -5.05. The SMILES string of the molecule is [CH2]CC(F)(F)F.[I][Mg][I]. The smallest absolute Gasteiger partial charge is 0.276 e. The zero-order valence-corrected chi connectivity index (χ0v) is 10.2. The van der Waals surface area contributed by atoms with Crippen LogP contribution in [0.15, 0.2) is 0 Å². The molecule has 53 valence electrons. The van der Waals surface area contributed by atoms with E-state index in [-0.39, 0.29) is 0 Å². The summed E-state index contributed by atoms with van der Waals surface area (Å²) in [5, 5.41) is 0. The number of rotatable bonds is 0. The van der Waals surface area contributed by atoms with Crippen LogP contribution in [0.2, 0.25) is 0 Å². The molecule has 0 rings (SSSR count). The molecule has 0 aliphatic heterocycles. The molecule has 0 aliphatic rings. The molecule has 6 heteroatoms. The van der Waals surface area contributed by atoms with Crippen LogP contribution in [0.4, 0.5) is 13.2 Å². The summed E-state index contributed by atoms with van der Waals surface area (Å²) in [6, 6.07) is 0. The lowest BCUT2D eigenvalue weighted by Crippen LogP contribution is -2.02. The number of alkyl halides is 3. The van der Waals surface area contributed by atoms with Crippen LogP contribution in [0.3, 0.4) is 0 Å². The van der Waals surface area contributed by atoms with Gasteiger partial charge >= 0.3 is 18.8 Å². The van der Waals surface area contributed by atoms with Gasteiger partial charge < -0.3 is 0 Å². The minimum absolute atomic E-state index is 0.357. The Bertz CT molecular complexity index is 55.5. The van der Waals surface area contributed by atoms with Crippen molar-refractivity contribution in [3.63, 3.8) is 0 Å². The zero-order valence-electron chi connectivity index (χ0n) is 4.51. The van der Waals surface area contributed by atoms with E-state index in [2.05, 4.69) is 44.6 Å². The van der Waals surface area contributed by atoms with Crippen LogP contribution in [-0.4, -0.2) is 18.8 Å². The minimum Gasteiger partial charge on any atom is -0.276 e. The van der Waals surface area contributed by atoms with E-state index in [0.29, 0.717) is 12.6 Å². The van der Waals surface area contributed by atoms with Gasteiger partial charge in [-0.05, 0) is 6.92 Å². The third-order valence-corrected chi connectivity index (χ3v) is 0.283. The van der Waals surface area contributed by atoms with Gasteiger partial charge in [0.2, 0.25) is 0 Å². The summed E-state index contributed by atoms with van der Waals surface area (Å²) in [4.78, 5) is 0. The summed E-state index contributed by atoms with van der Waals surface area (Å²) in [5.74, 6) is 0. The highest BCUT2D eigenvalue weighted by molar-refractivity contribution is 14.3. The largest absolute Gasteiger partial charge is 0.552 e. The second-order valence-electron chi connectivity index (χ2n) is 0.966. The fraction of sp³-hybridized carbons (Fsp3) is 0.667. The highest BCUT2D eigenvalue weighted by Crippen LogP contribution is 2.17. The van der Waals surface area contributed by atoms with Crippen LogP contribution in [0, 0.1) is 6.92 Å². The molecular weight excluding hydrogens is 371 g/mol. The van der Waals surface area contributed by atoms with Crippen molar-refractivity contribution in [3.8, 4) is 0 Å². The molecule has 0 fully saturated rings. The second-order valence-corrected chi connectivity index (χ2v) is 14.5. The van der Waals surface area contributed by atoms with Gasteiger partial charge in [-0.1, -0.05) is 0 Å². The first kappa shape index (κ1) is 13.6. The van der Waals surface area contributed by atoms with Gasteiger partial charge in [0, 0.05) is 6.42 Å². The molecule has 1 radical (unpaired) electrons. The molecule has 0 aliphatic carbocycles. The predicted molar refractivity (Wildman–Crippen MR) is 49.8 cm³/mol. The Hall–Kier alpha value is 2.02. The van der Waals surface area contributed by atoms with E-state index in [0.717, 1.165) is 0 Å². The quantitative estimate of drug-likeness (QED) is 0.451. The first-order valence-electron chi connectivity index (χ1n) is 1.96. The second kappa shape index (κ2) is 8.12. The van der Waals surface area contributed by atoms with Crippen molar-refractivity contribution in [3.05, 3.63) is 6.92 Å². The average Bonchev–Trinajstić information content (AvgIpc) is 1.67. The highest BCUT2D eigenvalue weighted by atomic mass is 127. The van der Waals surface area contributed by atoms with Crippen molar-refractivity contribution < 1.29 is 13.2 Å². The van der Waals surface area contributed by atoms with Crippen molar-refractivity contribution in [2.45, 2.75) is 12.6 Å². The van der Waals surface area contributed by atoms with Gasteiger partial charge in [-0.15, -0.1) is 0 Å². The van der Waals surface area contributed by atoms with Crippen LogP contribution in [-0.2, 0) is 0 Å². The highest BCUT2D eigenvalue weighted by Gasteiger charge is 2.22. The molecule has 0 atom stereocenters. The summed E-state index contributed by atoms with van der Waals surface area (Å²) < 4.78 is 32.2. The molecule has 0 saturated heterocycles. The van der Waals surface area contributed by atoms with Crippen molar-refractivity contribution in [1.29, 1.82) is 0 Å². The molecule has 0 spiro atoms. The Kier molecular flexibility index (Phi) is 12.3. The van der Waals surface area contributed by atoms with Crippen LogP contribution in [0.5, 0.6) is 0 Å². The number of hydrogen-bond acceptors (Lipinski definition) is 0. The molecule has 0 N–H and O–H groups in total. The van der Waals surface area contributed by atoms with E-state index in [1.165, 1.54) is 0 Å². The van der Waals surface area contributed by atoms with E-state index >= 15 is 0 Å². The monoisotopic (exact) mass is 375 g/mol. The fourth-order valence-corrected chi connectivity index (χ4v) is 0. The molecule has 0 unspecified atom stereocenters. The summed E-state index contributed by atoms with van der Waals surface area (Å²) in [6.45, 7) is 2.63. The zero-order chi connectivity index (χ0) is 7.91. The molecule has 0 aromatic heterocycles. The van der Waals surface area contributed by atoms with Crippen LogP contribution < -0.4 is 0 Å². The van der Waals surface area contributed by atoms with Gasteiger partial charge in [0.15, 0.2) is 0 Å². The van der Waals surface area contributed by atoms with Crippen molar-refractivity contribution in [2.75, 3.05) is 0 Å². The Morgan fingerprint density at radius 1 is 1.33 bits per heavy atom. The molecule has 0 aromatic rings.